The van der Waals surface area contributed by atoms with Gasteiger partial charge in [-0.15, -0.1) is 9.81 Å². The third-order valence-electron chi connectivity index (χ3n) is 7.15. The summed E-state index contributed by atoms with van der Waals surface area (Å²) >= 11 is 0. The van der Waals surface area contributed by atoms with Gasteiger partial charge in [-0.2, -0.15) is 0 Å². The Morgan fingerprint density at radius 3 is 1.62 bits per heavy atom. The lowest BCUT2D eigenvalue weighted by molar-refractivity contribution is 0.492. The molecular weight excluding hydrogens is 484 g/mol. The van der Waals surface area contributed by atoms with Crippen molar-refractivity contribution >= 4 is 28.4 Å². The third-order valence-corrected chi connectivity index (χ3v) is 7.15. The summed E-state index contributed by atoms with van der Waals surface area (Å²) in [7, 11) is 0. The highest BCUT2D eigenvalue weighted by Gasteiger charge is 2.30. The average Bonchev–Trinajstić information content (AvgIpc) is 2.89. The second-order valence-electron chi connectivity index (χ2n) is 12.9. The number of benzene rings is 3. The largest absolute Gasteiger partial charge is 0.276 e. The number of hydrogen-bond donors (Lipinski definition) is 0. The smallest absolute Gasteiger partial charge is 0.133 e. The zero-order chi connectivity index (χ0) is 29.0. The summed E-state index contributed by atoms with van der Waals surface area (Å²) in [6.45, 7) is 19.3. The van der Waals surface area contributed by atoms with Gasteiger partial charge in [-0.1, -0.05) is 85.7 Å². The van der Waals surface area contributed by atoms with Crippen molar-refractivity contribution in [2.75, 3.05) is 10.0 Å². The van der Waals surface area contributed by atoms with Crippen LogP contribution in [0.2, 0.25) is 0 Å². The molecule has 0 aliphatic rings. The van der Waals surface area contributed by atoms with Crippen LogP contribution in [-0.2, 0) is 10.8 Å². The SMILES string of the molecule is CC(C)CCC(C)N(c1ccc(C(C)(C)C)cc1N=O)N(c1ccccc1)c1ccc(C(C)(C)C)cc1N=O. The zero-order valence-electron chi connectivity index (χ0n) is 25.0. The van der Waals surface area contributed by atoms with Gasteiger partial charge in [0.2, 0.25) is 0 Å². The van der Waals surface area contributed by atoms with Crippen molar-refractivity contribution in [1.82, 2.24) is 0 Å². The predicted octanol–water partition coefficient (Wildman–Crippen LogP) is 10.5. The van der Waals surface area contributed by atoms with E-state index in [1.807, 2.05) is 59.6 Å². The van der Waals surface area contributed by atoms with E-state index in [1.54, 1.807) is 0 Å². The Morgan fingerprint density at radius 1 is 0.667 bits per heavy atom. The van der Waals surface area contributed by atoms with E-state index < -0.39 is 0 Å². The maximum absolute atomic E-state index is 12.3. The van der Waals surface area contributed by atoms with Crippen molar-refractivity contribution in [1.29, 1.82) is 0 Å². The van der Waals surface area contributed by atoms with Crippen LogP contribution in [0.1, 0.15) is 86.3 Å². The normalized spacial score (nSPS) is 12.8. The first-order valence-electron chi connectivity index (χ1n) is 13.9. The molecule has 3 rings (SSSR count). The Labute approximate surface area is 234 Å². The molecule has 0 radical (unpaired) electrons. The molecule has 208 valence electrons. The number of nitrogens with zero attached hydrogens (tertiary/aromatic N) is 4. The van der Waals surface area contributed by atoms with Gasteiger partial charge in [-0.05, 0) is 94.4 Å². The average molecular weight is 529 g/mol. The molecule has 39 heavy (non-hydrogen) atoms. The van der Waals surface area contributed by atoms with Gasteiger partial charge >= 0.3 is 0 Å². The van der Waals surface area contributed by atoms with E-state index >= 15 is 0 Å². The minimum Gasteiger partial charge on any atom is -0.276 e. The fourth-order valence-electron chi connectivity index (χ4n) is 4.69. The fourth-order valence-corrected chi connectivity index (χ4v) is 4.69. The number of rotatable bonds is 10. The Morgan fingerprint density at radius 2 is 1.15 bits per heavy atom. The summed E-state index contributed by atoms with van der Waals surface area (Å²) < 4.78 is 0. The summed E-state index contributed by atoms with van der Waals surface area (Å²) in [5, 5.41) is 11.1. The lowest BCUT2D eigenvalue weighted by atomic mass is 9.86. The van der Waals surface area contributed by atoms with E-state index in [1.165, 1.54) is 0 Å². The molecular formula is C33H44N4O2. The Kier molecular flexibility index (Phi) is 9.31. The first-order chi connectivity index (χ1) is 18.3. The quantitative estimate of drug-likeness (QED) is 0.194. The summed E-state index contributed by atoms with van der Waals surface area (Å²) in [6, 6.07) is 21.7. The van der Waals surface area contributed by atoms with Gasteiger partial charge in [0.25, 0.3) is 0 Å². The van der Waals surface area contributed by atoms with Crippen molar-refractivity contribution < 1.29 is 0 Å². The molecule has 3 aromatic carbocycles. The van der Waals surface area contributed by atoms with Gasteiger partial charge in [0.05, 0.1) is 17.1 Å². The summed E-state index contributed by atoms with van der Waals surface area (Å²) in [5.41, 5.74) is 4.70. The predicted molar refractivity (Wildman–Crippen MR) is 166 cm³/mol. The molecule has 0 fully saturated rings. The molecule has 6 nitrogen and oxygen atoms in total. The van der Waals surface area contributed by atoms with Gasteiger partial charge in [0.15, 0.2) is 0 Å². The van der Waals surface area contributed by atoms with Crippen LogP contribution in [0.15, 0.2) is 77.1 Å². The molecule has 1 atom stereocenters. The molecule has 0 amide bonds. The molecule has 0 N–H and O–H groups in total. The maximum atomic E-state index is 12.3. The molecule has 0 aliphatic heterocycles. The number of hydrogen-bond acceptors (Lipinski definition) is 6. The van der Waals surface area contributed by atoms with Crippen LogP contribution in [0, 0.1) is 15.7 Å². The number of para-hydroxylation sites is 1. The molecule has 6 heteroatoms. The Bertz CT molecular complexity index is 1270. The molecule has 1 unspecified atom stereocenters. The second-order valence-corrected chi connectivity index (χ2v) is 12.9. The van der Waals surface area contributed by atoms with Crippen LogP contribution in [0.5, 0.6) is 0 Å². The van der Waals surface area contributed by atoms with Gasteiger partial charge in [0.1, 0.15) is 11.4 Å². The monoisotopic (exact) mass is 528 g/mol. The number of hydrazine groups is 1. The summed E-state index contributed by atoms with van der Waals surface area (Å²) in [5.74, 6) is 0.518. The zero-order valence-corrected chi connectivity index (χ0v) is 25.0. The van der Waals surface area contributed by atoms with E-state index in [4.69, 9.17) is 0 Å². The second kappa shape index (κ2) is 12.1. The molecule has 0 heterocycles. The van der Waals surface area contributed by atoms with E-state index in [0.29, 0.717) is 28.7 Å². The maximum Gasteiger partial charge on any atom is 0.133 e. The van der Waals surface area contributed by atoms with Crippen LogP contribution in [0.25, 0.3) is 0 Å². The third kappa shape index (κ3) is 7.11. The highest BCUT2D eigenvalue weighted by Crippen LogP contribution is 2.44. The molecule has 0 spiro atoms. The van der Waals surface area contributed by atoms with Gasteiger partial charge < -0.3 is 0 Å². The lowest BCUT2D eigenvalue weighted by Gasteiger charge is -2.43. The molecule has 3 aromatic rings. The molecule has 0 bridgehead atoms. The number of nitroso groups, excluding NO2 is 2. The van der Waals surface area contributed by atoms with Crippen molar-refractivity contribution in [3.63, 3.8) is 0 Å². The van der Waals surface area contributed by atoms with Gasteiger partial charge in [-0.25, -0.2) is 0 Å². The van der Waals surface area contributed by atoms with E-state index in [9.17, 15) is 9.81 Å². The minimum absolute atomic E-state index is 0.0182. The highest BCUT2D eigenvalue weighted by atomic mass is 16.3. The first-order valence-corrected chi connectivity index (χ1v) is 13.9. The van der Waals surface area contributed by atoms with Gasteiger partial charge in [0, 0.05) is 6.04 Å². The van der Waals surface area contributed by atoms with E-state index in [0.717, 1.165) is 29.7 Å². The molecule has 0 aromatic heterocycles. The summed E-state index contributed by atoms with van der Waals surface area (Å²) in [4.78, 5) is 24.6. The van der Waals surface area contributed by atoms with E-state index in [2.05, 4.69) is 89.8 Å². The van der Waals surface area contributed by atoms with E-state index in [-0.39, 0.29) is 16.9 Å². The molecule has 0 aliphatic carbocycles. The fraction of sp³-hybridized carbons (Fsp3) is 0.455. The molecule has 0 saturated heterocycles. The van der Waals surface area contributed by atoms with Crippen LogP contribution in [-0.4, -0.2) is 6.04 Å². The van der Waals surface area contributed by atoms with Crippen molar-refractivity contribution in [2.45, 2.75) is 92.0 Å². The first kappa shape index (κ1) is 30.0. The Hall–Kier alpha value is -3.54. The Balaban J connectivity index is 2.34. The topological polar surface area (TPSA) is 65.3 Å². The summed E-state index contributed by atoms with van der Waals surface area (Å²) in [6.07, 6.45) is 1.89. The van der Waals surface area contributed by atoms with Crippen LogP contribution in [0.3, 0.4) is 0 Å². The lowest BCUT2D eigenvalue weighted by Crippen LogP contribution is -2.46. The molecule has 0 saturated carbocycles. The minimum atomic E-state index is -0.142. The van der Waals surface area contributed by atoms with Gasteiger partial charge in [-0.3, -0.25) is 10.0 Å². The number of anilines is 3. The van der Waals surface area contributed by atoms with Crippen LogP contribution >= 0.6 is 0 Å². The van der Waals surface area contributed by atoms with Crippen molar-refractivity contribution in [3.05, 3.63) is 87.7 Å². The van der Waals surface area contributed by atoms with Crippen LogP contribution in [0.4, 0.5) is 28.4 Å². The van der Waals surface area contributed by atoms with Crippen molar-refractivity contribution in [3.8, 4) is 0 Å². The highest BCUT2D eigenvalue weighted by molar-refractivity contribution is 5.82. The standard InChI is InChI=1S/C33H44N4O2/c1-23(2)15-16-24(3)36(30-19-17-25(32(4,5)6)21-28(30)34-38)37(27-13-11-10-12-14-27)31-20-18-26(33(7,8)9)22-29(31)35-39/h10-14,17-24H,15-16H2,1-9H3. The van der Waals surface area contributed by atoms with Crippen LogP contribution < -0.4 is 10.0 Å². The van der Waals surface area contributed by atoms with Crippen molar-refractivity contribution in [2.24, 2.45) is 16.3 Å².